The third-order valence-electron chi connectivity index (χ3n) is 5.61. The molecule has 2 nitrogen and oxygen atoms in total. The molecule has 1 aromatic rings. The second kappa shape index (κ2) is 5.16. The molecule has 2 heteroatoms. The van der Waals surface area contributed by atoms with Crippen LogP contribution in [0.5, 0.6) is 0 Å². The molecule has 2 N–H and O–H groups in total. The molecule has 0 bridgehead atoms. The van der Waals surface area contributed by atoms with Crippen molar-refractivity contribution >= 4 is 0 Å². The third kappa shape index (κ3) is 2.64. The Labute approximate surface area is 123 Å². The van der Waals surface area contributed by atoms with Gasteiger partial charge in [-0.05, 0) is 63.0 Å². The Morgan fingerprint density at radius 2 is 1.95 bits per heavy atom. The van der Waals surface area contributed by atoms with Crippen molar-refractivity contribution in [2.24, 2.45) is 17.1 Å². The summed E-state index contributed by atoms with van der Waals surface area (Å²) >= 11 is 0. The second-order valence-electron chi connectivity index (χ2n) is 7.44. The molecular formula is C18H28N2. The van der Waals surface area contributed by atoms with Crippen molar-refractivity contribution in [3.05, 3.63) is 35.9 Å². The molecule has 1 heterocycles. The van der Waals surface area contributed by atoms with Crippen molar-refractivity contribution in [1.82, 2.24) is 4.90 Å². The molecule has 0 spiro atoms. The van der Waals surface area contributed by atoms with Gasteiger partial charge in [-0.25, -0.2) is 0 Å². The summed E-state index contributed by atoms with van der Waals surface area (Å²) in [6, 6.07) is 10.9. The van der Waals surface area contributed by atoms with Crippen molar-refractivity contribution in [2.75, 3.05) is 13.1 Å². The van der Waals surface area contributed by atoms with Gasteiger partial charge in [-0.1, -0.05) is 30.3 Å². The van der Waals surface area contributed by atoms with Crippen LogP contribution in [-0.2, 0) is 6.54 Å². The Morgan fingerprint density at radius 1 is 1.25 bits per heavy atom. The molecule has 1 unspecified atom stereocenters. The van der Waals surface area contributed by atoms with Crippen LogP contribution in [0, 0.1) is 11.3 Å². The van der Waals surface area contributed by atoms with E-state index in [4.69, 9.17) is 5.73 Å². The molecule has 2 aliphatic rings. The lowest BCUT2D eigenvalue weighted by Gasteiger charge is -2.43. The number of hydrogen-bond acceptors (Lipinski definition) is 2. The Balaban J connectivity index is 1.66. The van der Waals surface area contributed by atoms with Crippen molar-refractivity contribution in [1.29, 1.82) is 0 Å². The van der Waals surface area contributed by atoms with Gasteiger partial charge in [-0.2, -0.15) is 0 Å². The van der Waals surface area contributed by atoms with Gasteiger partial charge in [0.05, 0.1) is 0 Å². The molecule has 3 rings (SSSR count). The molecule has 1 aromatic carbocycles. The average Bonchev–Trinajstić information content (AvgIpc) is 3.21. The summed E-state index contributed by atoms with van der Waals surface area (Å²) in [7, 11) is 0. The average molecular weight is 272 g/mol. The summed E-state index contributed by atoms with van der Waals surface area (Å²) < 4.78 is 0. The molecule has 1 saturated carbocycles. The first-order chi connectivity index (χ1) is 9.51. The topological polar surface area (TPSA) is 29.3 Å². The molecule has 0 aromatic heterocycles. The smallest absolute Gasteiger partial charge is 0.0233 e. The van der Waals surface area contributed by atoms with Crippen LogP contribution in [0.15, 0.2) is 30.3 Å². The largest absolute Gasteiger partial charge is 0.325 e. The molecule has 1 saturated heterocycles. The predicted octanol–water partition coefficient (Wildman–Crippen LogP) is 3.42. The lowest BCUT2D eigenvalue weighted by atomic mass is 9.72. The number of hydrogen-bond donors (Lipinski definition) is 1. The van der Waals surface area contributed by atoms with Crippen molar-refractivity contribution < 1.29 is 0 Å². The Bertz CT molecular complexity index is 442. The van der Waals surface area contributed by atoms with Gasteiger partial charge in [0, 0.05) is 18.6 Å². The molecule has 2 fully saturated rings. The zero-order valence-corrected chi connectivity index (χ0v) is 12.9. The van der Waals surface area contributed by atoms with E-state index in [1.165, 1.54) is 44.3 Å². The molecule has 1 aliphatic carbocycles. The molecule has 1 atom stereocenters. The predicted molar refractivity (Wildman–Crippen MR) is 84.4 cm³/mol. The van der Waals surface area contributed by atoms with Crippen LogP contribution in [0.3, 0.4) is 0 Å². The van der Waals surface area contributed by atoms with E-state index in [9.17, 15) is 0 Å². The van der Waals surface area contributed by atoms with Gasteiger partial charge < -0.3 is 5.73 Å². The van der Waals surface area contributed by atoms with Crippen LogP contribution in [0.1, 0.15) is 45.1 Å². The monoisotopic (exact) mass is 272 g/mol. The van der Waals surface area contributed by atoms with E-state index in [2.05, 4.69) is 49.1 Å². The van der Waals surface area contributed by atoms with Crippen LogP contribution in [0.25, 0.3) is 0 Å². The highest BCUT2D eigenvalue weighted by Gasteiger charge is 2.57. The SMILES string of the molecule is CC(C)(N)C1(C2CCCN(Cc3ccccc3)C2)CC1. The Hall–Kier alpha value is -0.860. The Kier molecular flexibility index (Phi) is 3.64. The van der Waals surface area contributed by atoms with Gasteiger partial charge in [-0.3, -0.25) is 4.90 Å². The van der Waals surface area contributed by atoms with E-state index in [-0.39, 0.29) is 5.54 Å². The van der Waals surface area contributed by atoms with Crippen LogP contribution in [0.2, 0.25) is 0 Å². The quantitative estimate of drug-likeness (QED) is 0.910. The molecule has 110 valence electrons. The summed E-state index contributed by atoms with van der Waals surface area (Å²) in [6.07, 6.45) is 5.36. The van der Waals surface area contributed by atoms with E-state index in [0.29, 0.717) is 5.41 Å². The maximum absolute atomic E-state index is 6.49. The van der Waals surface area contributed by atoms with Crippen LogP contribution in [0.4, 0.5) is 0 Å². The van der Waals surface area contributed by atoms with Gasteiger partial charge in [0.15, 0.2) is 0 Å². The molecule has 1 aliphatic heterocycles. The van der Waals surface area contributed by atoms with Crippen molar-refractivity contribution in [3.8, 4) is 0 Å². The standard InChI is InChI=1S/C18H28N2/c1-17(2,19)18(10-11-18)16-9-6-12-20(14-16)13-15-7-4-3-5-8-15/h3-5,7-8,16H,6,9-14,19H2,1-2H3. The van der Waals surface area contributed by atoms with E-state index in [0.717, 1.165) is 12.5 Å². The summed E-state index contributed by atoms with van der Waals surface area (Å²) in [5.41, 5.74) is 8.32. The molecular weight excluding hydrogens is 244 g/mol. The lowest BCUT2D eigenvalue weighted by molar-refractivity contribution is 0.0818. The highest BCUT2D eigenvalue weighted by Crippen LogP contribution is 2.60. The minimum absolute atomic E-state index is 0.0204. The number of benzene rings is 1. The molecule has 20 heavy (non-hydrogen) atoms. The first kappa shape index (κ1) is 14.1. The van der Waals surface area contributed by atoms with Crippen molar-refractivity contribution in [3.63, 3.8) is 0 Å². The van der Waals surface area contributed by atoms with Gasteiger partial charge in [0.1, 0.15) is 0 Å². The second-order valence-corrected chi connectivity index (χ2v) is 7.44. The fraction of sp³-hybridized carbons (Fsp3) is 0.667. The van der Waals surface area contributed by atoms with Crippen molar-refractivity contribution in [2.45, 2.75) is 51.6 Å². The van der Waals surface area contributed by atoms with Crippen LogP contribution >= 0.6 is 0 Å². The van der Waals surface area contributed by atoms with Gasteiger partial charge in [0.25, 0.3) is 0 Å². The van der Waals surface area contributed by atoms with E-state index < -0.39 is 0 Å². The zero-order valence-electron chi connectivity index (χ0n) is 12.9. The summed E-state index contributed by atoms with van der Waals surface area (Å²) in [4.78, 5) is 2.63. The minimum Gasteiger partial charge on any atom is -0.325 e. The Morgan fingerprint density at radius 3 is 2.55 bits per heavy atom. The zero-order chi connectivity index (χ0) is 14.2. The normalized spacial score (nSPS) is 26.4. The van der Waals surface area contributed by atoms with E-state index in [1.54, 1.807) is 0 Å². The van der Waals surface area contributed by atoms with Gasteiger partial charge in [0.2, 0.25) is 0 Å². The molecule has 0 radical (unpaired) electrons. The number of nitrogens with two attached hydrogens (primary N) is 1. The first-order valence-electron chi connectivity index (χ1n) is 8.06. The summed E-state index contributed by atoms with van der Waals surface area (Å²) in [5, 5.41) is 0. The highest BCUT2D eigenvalue weighted by molar-refractivity contribution is 5.15. The number of nitrogens with zero attached hydrogens (tertiary/aromatic N) is 1. The van der Waals surface area contributed by atoms with E-state index >= 15 is 0 Å². The van der Waals surface area contributed by atoms with Crippen LogP contribution < -0.4 is 5.73 Å². The summed E-state index contributed by atoms with van der Waals surface area (Å²) in [5.74, 6) is 0.792. The number of rotatable bonds is 4. The maximum atomic E-state index is 6.49. The number of piperidine rings is 1. The van der Waals surface area contributed by atoms with Gasteiger partial charge in [-0.15, -0.1) is 0 Å². The minimum atomic E-state index is -0.0204. The number of likely N-dealkylation sites (tertiary alicyclic amines) is 1. The fourth-order valence-corrected chi connectivity index (χ4v) is 4.21. The first-order valence-corrected chi connectivity index (χ1v) is 8.06. The maximum Gasteiger partial charge on any atom is 0.0233 e. The summed E-state index contributed by atoms with van der Waals surface area (Å²) in [6.45, 7) is 8.03. The fourth-order valence-electron chi connectivity index (χ4n) is 4.21. The third-order valence-corrected chi connectivity index (χ3v) is 5.61. The lowest BCUT2D eigenvalue weighted by Crippen LogP contribution is -2.50. The highest BCUT2D eigenvalue weighted by atomic mass is 15.1. The van der Waals surface area contributed by atoms with Crippen LogP contribution in [-0.4, -0.2) is 23.5 Å². The molecule has 0 amide bonds. The van der Waals surface area contributed by atoms with Gasteiger partial charge >= 0.3 is 0 Å². The van der Waals surface area contributed by atoms with E-state index in [1.807, 2.05) is 0 Å².